The van der Waals surface area contributed by atoms with Crippen molar-refractivity contribution < 1.29 is 29.6 Å². The molecule has 1 aliphatic rings. The fourth-order valence-corrected chi connectivity index (χ4v) is 5.22. The summed E-state index contributed by atoms with van der Waals surface area (Å²) < 4.78 is 11.6. The number of fused-ring (bicyclic) bond motifs is 1. The summed E-state index contributed by atoms with van der Waals surface area (Å²) in [6.45, 7) is 2.47. The Morgan fingerprint density at radius 1 is 0.949 bits per heavy atom. The second kappa shape index (κ2) is 13.3. The number of hydrogen-bond acceptors (Lipinski definition) is 6. The van der Waals surface area contributed by atoms with E-state index in [1.807, 2.05) is 48.5 Å². The molecule has 0 bridgehead atoms. The van der Waals surface area contributed by atoms with Crippen LogP contribution in [0.1, 0.15) is 50.2 Å². The molecule has 0 heterocycles. The topological polar surface area (TPSA) is 96.2 Å². The number of phenols is 1. The second-order valence-electron chi connectivity index (χ2n) is 10.3. The van der Waals surface area contributed by atoms with Gasteiger partial charge in [-0.05, 0) is 95.5 Å². The second-order valence-corrected chi connectivity index (χ2v) is 10.3. The molecule has 3 atom stereocenters. The Morgan fingerprint density at radius 3 is 2.51 bits per heavy atom. The highest BCUT2D eigenvalue weighted by Gasteiger charge is 2.24. The van der Waals surface area contributed by atoms with Crippen molar-refractivity contribution in [1.29, 1.82) is 0 Å². The summed E-state index contributed by atoms with van der Waals surface area (Å²) in [5, 5.41) is 32.1. The number of aliphatic hydroxyl groups excluding tert-OH is 2. The summed E-state index contributed by atoms with van der Waals surface area (Å²) in [5.74, 6) is 2.00. The molecule has 0 aliphatic heterocycles. The van der Waals surface area contributed by atoms with E-state index in [-0.39, 0.29) is 35.5 Å². The van der Waals surface area contributed by atoms with Crippen molar-refractivity contribution in [2.24, 2.45) is 11.8 Å². The third-order valence-corrected chi connectivity index (χ3v) is 7.28. The van der Waals surface area contributed by atoms with Crippen LogP contribution in [0.4, 0.5) is 0 Å². The zero-order valence-corrected chi connectivity index (χ0v) is 22.7. The summed E-state index contributed by atoms with van der Waals surface area (Å²) in [6.07, 6.45) is 8.22. The van der Waals surface area contributed by atoms with E-state index >= 15 is 0 Å². The number of allylic oxidation sites excluding steroid dienone is 3. The van der Waals surface area contributed by atoms with Crippen LogP contribution in [-0.4, -0.2) is 34.3 Å². The third-order valence-electron chi connectivity index (χ3n) is 7.28. The lowest BCUT2D eigenvalue weighted by Crippen LogP contribution is -2.23. The van der Waals surface area contributed by atoms with Crippen LogP contribution < -0.4 is 9.47 Å². The lowest BCUT2D eigenvalue weighted by molar-refractivity contribution is -0.121. The highest BCUT2D eigenvalue weighted by molar-refractivity contribution is 5.84. The number of rotatable bonds is 13. The number of Topliss-reactive ketones (excluding diaryl/α,β-unsaturated/α-hetero) is 1. The summed E-state index contributed by atoms with van der Waals surface area (Å²) in [5.41, 5.74) is 1.94. The zero-order chi connectivity index (χ0) is 27.8. The Labute approximate surface area is 230 Å². The maximum atomic E-state index is 12.7. The van der Waals surface area contributed by atoms with Gasteiger partial charge in [-0.3, -0.25) is 4.79 Å². The van der Waals surface area contributed by atoms with Crippen molar-refractivity contribution in [1.82, 2.24) is 0 Å². The Balaban J connectivity index is 1.31. The van der Waals surface area contributed by atoms with Gasteiger partial charge < -0.3 is 24.8 Å². The molecule has 3 unspecified atom stereocenters. The highest BCUT2D eigenvalue weighted by Crippen LogP contribution is 2.32. The van der Waals surface area contributed by atoms with E-state index in [9.17, 15) is 20.1 Å². The molecule has 0 radical (unpaired) electrons. The molecule has 0 fully saturated rings. The third kappa shape index (κ3) is 7.87. The molecule has 6 heteroatoms. The van der Waals surface area contributed by atoms with Crippen LogP contribution in [0.2, 0.25) is 0 Å². The normalized spacial score (nSPS) is 17.6. The van der Waals surface area contributed by atoms with Gasteiger partial charge in [-0.2, -0.15) is 0 Å². The molecule has 0 saturated heterocycles. The largest absolute Gasteiger partial charge is 0.508 e. The Kier molecular flexibility index (Phi) is 9.66. The average molecular weight is 531 g/mol. The molecule has 0 aromatic heterocycles. The van der Waals surface area contributed by atoms with Crippen LogP contribution in [-0.2, 0) is 17.8 Å². The predicted octanol–water partition coefficient (Wildman–Crippen LogP) is 6.82. The van der Waals surface area contributed by atoms with Crippen LogP contribution in [0.5, 0.6) is 17.2 Å². The number of aliphatic hydroxyl groups is 2. The first-order chi connectivity index (χ1) is 18.8. The van der Waals surface area contributed by atoms with Gasteiger partial charge in [-0.25, -0.2) is 0 Å². The number of aromatic hydroxyl groups is 1. The summed E-state index contributed by atoms with van der Waals surface area (Å²) in [6, 6.07) is 16.9. The SMILES string of the molecule is CCCC1C=CC(O)=CC1CC(O)CC(=O)CCc1ccc(OC)c(OCc2ccc3cc(O)ccc3c2)c1. The lowest BCUT2D eigenvalue weighted by atomic mass is 9.80. The average Bonchev–Trinajstić information content (AvgIpc) is 2.92. The first-order valence-corrected chi connectivity index (χ1v) is 13.6. The fourth-order valence-electron chi connectivity index (χ4n) is 5.22. The quantitative estimate of drug-likeness (QED) is 0.224. The van der Waals surface area contributed by atoms with E-state index in [4.69, 9.17) is 9.47 Å². The van der Waals surface area contributed by atoms with Crippen molar-refractivity contribution in [3.8, 4) is 17.2 Å². The molecular weight excluding hydrogens is 492 g/mol. The van der Waals surface area contributed by atoms with Gasteiger partial charge in [0.1, 0.15) is 23.9 Å². The van der Waals surface area contributed by atoms with Crippen LogP contribution >= 0.6 is 0 Å². The number of phenolic OH excluding ortho intramolecular Hbond substituents is 1. The molecule has 1 aliphatic carbocycles. The van der Waals surface area contributed by atoms with Crippen molar-refractivity contribution in [2.45, 2.75) is 58.2 Å². The minimum absolute atomic E-state index is 0.00887. The number of benzene rings is 3. The van der Waals surface area contributed by atoms with Crippen LogP contribution in [0.25, 0.3) is 10.8 Å². The van der Waals surface area contributed by atoms with Crippen LogP contribution in [0.15, 0.2) is 78.6 Å². The number of hydrogen-bond donors (Lipinski definition) is 3. The minimum atomic E-state index is -0.738. The van der Waals surface area contributed by atoms with Gasteiger partial charge in [0.15, 0.2) is 11.5 Å². The first kappa shape index (κ1) is 28.2. The molecule has 0 saturated carbocycles. The van der Waals surface area contributed by atoms with Crippen LogP contribution in [0, 0.1) is 11.8 Å². The molecule has 4 rings (SSSR count). The Bertz CT molecular complexity index is 1340. The van der Waals surface area contributed by atoms with E-state index in [2.05, 4.69) is 6.92 Å². The summed E-state index contributed by atoms with van der Waals surface area (Å²) >= 11 is 0. The van der Waals surface area contributed by atoms with Gasteiger partial charge in [0.2, 0.25) is 0 Å². The van der Waals surface area contributed by atoms with Gasteiger partial charge in [0, 0.05) is 12.8 Å². The van der Waals surface area contributed by atoms with Crippen molar-refractivity contribution in [3.05, 3.63) is 89.7 Å². The van der Waals surface area contributed by atoms with Crippen LogP contribution in [0.3, 0.4) is 0 Å². The minimum Gasteiger partial charge on any atom is -0.508 e. The lowest BCUT2D eigenvalue weighted by Gasteiger charge is -2.26. The fraction of sp³-hybridized carbons (Fsp3) is 0.364. The number of carbonyl (C=O) groups is 1. The van der Waals surface area contributed by atoms with Gasteiger partial charge in [0.05, 0.1) is 13.2 Å². The van der Waals surface area contributed by atoms with Crippen molar-refractivity contribution >= 4 is 16.6 Å². The summed E-state index contributed by atoms with van der Waals surface area (Å²) in [4.78, 5) is 12.7. The van der Waals surface area contributed by atoms with E-state index < -0.39 is 6.10 Å². The zero-order valence-electron chi connectivity index (χ0n) is 22.7. The van der Waals surface area contributed by atoms with Gasteiger partial charge >= 0.3 is 0 Å². The van der Waals surface area contributed by atoms with Crippen molar-refractivity contribution in [2.75, 3.05) is 7.11 Å². The molecule has 3 aromatic rings. The molecule has 3 aromatic carbocycles. The maximum Gasteiger partial charge on any atom is 0.161 e. The van der Waals surface area contributed by atoms with E-state index in [0.717, 1.165) is 34.7 Å². The molecule has 0 amide bonds. The molecule has 0 spiro atoms. The maximum absolute atomic E-state index is 12.7. The molecule has 6 nitrogen and oxygen atoms in total. The van der Waals surface area contributed by atoms with E-state index in [0.29, 0.717) is 37.4 Å². The molecule has 3 N–H and O–H groups in total. The first-order valence-electron chi connectivity index (χ1n) is 13.6. The monoisotopic (exact) mass is 530 g/mol. The van der Waals surface area contributed by atoms with Gasteiger partial charge in [-0.15, -0.1) is 0 Å². The molecule has 206 valence electrons. The van der Waals surface area contributed by atoms with Crippen molar-refractivity contribution in [3.63, 3.8) is 0 Å². The smallest absolute Gasteiger partial charge is 0.161 e. The molecule has 39 heavy (non-hydrogen) atoms. The number of methoxy groups -OCH3 is 1. The predicted molar refractivity (Wildman–Crippen MR) is 153 cm³/mol. The number of carbonyl (C=O) groups excluding carboxylic acids is 1. The van der Waals surface area contributed by atoms with E-state index in [1.54, 1.807) is 31.4 Å². The highest BCUT2D eigenvalue weighted by atomic mass is 16.5. The Hall–Kier alpha value is -3.77. The number of ether oxygens (including phenoxy) is 2. The summed E-state index contributed by atoms with van der Waals surface area (Å²) in [7, 11) is 1.59. The number of ketones is 1. The van der Waals surface area contributed by atoms with Gasteiger partial charge in [0.25, 0.3) is 0 Å². The number of aryl methyl sites for hydroxylation is 1. The molecular formula is C33H38O6. The standard InChI is InChI=1S/C33H38O6/c1-3-4-24-9-12-29(35)18-27(24)19-31(37)20-30(36)11-6-22-7-14-32(38-2)33(16-22)39-21-23-5-8-26-17-28(34)13-10-25(26)15-23/h5,7-10,12-18,24,27,31,34-35,37H,3-4,6,11,19-21H2,1-2H3. The van der Waals surface area contributed by atoms with Gasteiger partial charge in [-0.1, -0.05) is 43.7 Å². The Morgan fingerprint density at radius 2 is 1.72 bits per heavy atom. The van der Waals surface area contributed by atoms with E-state index in [1.165, 1.54) is 0 Å².